The van der Waals surface area contributed by atoms with E-state index >= 15 is 0 Å². The molecule has 0 aliphatic heterocycles. The predicted octanol–water partition coefficient (Wildman–Crippen LogP) is 1.39. The highest BCUT2D eigenvalue weighted by molar-refractivity contribution is 6.39. The van der Waals surface area contributed by atoms with Crippen molar-refractivity contribution in [2.24, 2.45) is 0 Å². The molecule has 0 atom stereocenters. The minimum atomic E-state index is -0.654. The zero-order valence-electron chi connectivity index (χ0n) is 8.50. The van der Waals surface area contributed by atoms with Crippen LogP contribution in [0.5, 0.6) is 0 Å². The van der Waals surface area contributed by atoms with Crippen molar-refractivity contribution >= 4 is 17.4 Å². The molecule has 0 fully saturated rings. The molecule has 0 aliphatic rings. The molecule has 1 amide bonds. The van der Waals surface area contributed by atoms with Gasteiger partial charge in [0.1, 0.15) is 0 Å². The van der Waals surface area contributed by atoms with E-state index in [1.165, 1.54) is 6.92 Å². The van der Waals surface area contributed by atoms with E-state index in [1.54, 1.807) is 25.1 Å². The molecule has 0 aromatic heterocycles. The van der Waals surface area contributed by atoms with Crippen LogP contribution >= 0.6 is 0 Å². The second-order valence-electron chi connectivity index (χ2n) is 3.15. The van der Waals surface area contributed by atoms with E-state index in [9.17, 15) is 9.59 Å². The van der Waals surface area contributed by atoms with E-state index in [0.29, 0.717) is 11.3 Å². The molecule has 0 radical (unpaired) electrons. The van der Waals surface area contributed by atoms with Crippen molar-refractivity contribution in [2.75, 3.05) is 5.32 Å². The number of carbonyl (C=O) groups is 2. The number of anilines is 1. The fraction of sp³-hybridized carbons (Fsp3) is 0.182. The van der Waals surface area contributed by atoms with Crippen molar-refractivity contribution in [3.63, 3.8) is 0 Å². The molecule has 4 nitrogen and oxygen atoms in total. The number of hydrogen-bond acceptors (Lipinski definition) is 3. The Morgan fingerprint density at radius 3 is 2.53 bits per heavy atom. The van der Waals surface area contributed by atoms with Crippen molar-refractivity contribution < 1.29 is 9.59 Å². The lowest BCUT2D eigenvalue weighted by Crippen LogP contribution is -2.19. The Morgan fingerprint density at radius 2 is 2.07 bits per heavy atom. The number of aryl methyl sites for hydroxylation is 1. The molecule has 0 saturated heterocycles. The summed E-state index contributed by atoms with van der Waals surface area (Å²) in [4.78, 5) is 21.7. The summed E-state index contributed by atoms with van der Waals surface area (Å²) in [6, 6.07) is 6.86. The number of carbonyl (C=O) groups excluding carboxylic acids is 2. The Bertz CT molecular complexity index is 458. The van der Waals surface area contributed by atoms with Crippen molar-refractivity contribution in [3.8, 4) is 6.07 Å². The summed E-state index contributed by atoms with van der Waals surface area (Å²) < 4.78 is 0. The number of Topliss-reactive ketones (excluding diaryl/α,β-unsaturated/α-hetero) is 1. The Labute approximate surface area is 87.5 Å². The van der Waals surface area contributed by atoms with Crippen LogP contribution in [0.3, 0.4) is 0 Å². The molecule has 0 spiro atoms. The molecule has 15 heavy (non-hydrogen) atoms. The Hall–Kier alpha value is -2.15. The van der Waals surface area contributed by atoms with Gasteiger partial charge in [0.25, 0.3) is 5.91 Å². The number of amides is 1. The highest BCUT2D eigenvalue weighted by Gasteiger charge is 2.08. The maximum atomic E-state index is 11.1. The molecular weight excluding hydrogens is 192 g/mol. The summed E-state index contributed by atoms with van der Waals surface area (Å²) in [5.41, 5.74) is 1.83. The van der Waals surface area contributed by atoms with Gasteiger partial charge in [0.05, 0.1) is 11.6 Å². The second kappa shape index (κ2) is 4.38. The minimum absolute atomic E-state index is 0.520. The maximum Gasteiger partial charge on any atom is 0.291 e. The minimum Gasteiger partial charge on any atom is -0.319 e. The van der Waals surface area contributed by atoms with E-state index in [2.05, 4.69) is 5.32 Å². The number of nitrogens with zero attached hydrogens (tertiary/aromatic N) is 1. The van der Waals surface area contributed by atoms with E-state index in [1.807, 2.05) is 6.07 Å². The molecule has 1 N–H and O–H groups in total. The first-order valence-electron chi connectivity index (χ1n) is 4.37. The molecular formula is C11H10N2O2. The standard InChI is InChI=1S/C11H10N2O2/c1-7-5-10(4-3-9(7)6-12)13-11(15)8(2)14/h3-5H,1-2H3,(H,13,15). The van der Waals surface area contributed by atoms with Crippen LogP contribution in [-0.4, -0.2) is 11.7 Å². The van der Waals surface area contributed by atoms with Gasteiger partial charge < -0.3 is 5.32 Å². The van der Waals surface area contributed by atoms with Crippen LogP contribution < -0.4 is 5.32 Å². The molecule has 0 heterocycles. The van der Waals surface area contributed by atoms with Gasteiger partial charge in [0.15, 0.2) is 0 Å². The van der Waals surface area contributed by atoms with Gasteiger partial charge >= 0.3 is 0 Å². The van der Waals surface area contributed by atoms with Crippen LogP contribution in [0.15, 0.2) is 18.2 Å². The molecule has 76 valence electrons. The highest BCUT2D eigenvalue weighted by atomic mass is 16.2. The smallest absolute Gasteiger partial charge is 0.291 e. The Kier molecular flexibility index (Phi) is 3.19. The number of ketones is 1. The second-order valence-corrected chi connectivity index (χ2v) is 3.15. The van der Waals surface area contributed by atoms with Crippen molar-refractivity contribution in [1.29, 1.82) is 5.26 Å². The first kappa shape index (κ1) is 10.9. The van der Waals surface area contributed by atoms with Crippen molar-refractivity contribution in [2.45, 2.75) is 13.8 Å². The lowest BCUT2D eigenvalue weighted by atomic mass is 10.1. The van der Waals surface area contributed by atoms with Crippen LogP contribution in [0, 0.1) is 18.3 Å². The van der Waals surface area contributed by atoms with Crippen LogP contribution in [0.1, 0.15) is 18.1 Å². The first-order valence-corrected chi connectivity index (χ1v) is 4.37. The zero-order valence-corrected chi connectivity index (χ0v) is 8.50. The molecule has 1 rings (SSSR count). The van der Waals surface area contributed by atoms with Gasteiger partial charge in [-0.05, 0) is 30.7 Å². The van der Waals surface area contributed by atoms with Gasteiger partial charge in [-0.25, -0.2) is 0 Å². The number of benzene rings is 1. The average Bonchev–Trinajstić information content (AvgIpc) is 2.18. The number of hydrogen-bond donors (Lipinski definition) is 1. The third kappa shape index (κ3) is 2.64. The Morgan fingerprint density at radius 1 is 1.40 bits per heavy atom. The third-order valence-corrected chi connectivity index (χ3v) is 1.92. The van der Waals surface area contributed by atoms with Gasteiger partial charge in [0.2, 0.25) is 5.78 Å². The van der Waals surface area contributed by atoms with E-state index < -0.39 is 11.7 Å². The summed E-state index contributed by atoms with van der Waals surface area (Å²) in [6.07, 6.45) is 0. The highest BCUT2D eigenvalue weighted by Crippen LogP contribution is 2.14. The Balaban J connectivity index is 2.90. The molecule has 0 aliphatic carbocycles. The van der Waals surface area contributed by atoms with E-state index in [4.69, 9.17) is 5.26 Å². The molecule has 1 aromatic rings. The quantitative estimate of drug-likeness (QED) is 0.737. The molecule has 1 aromatic carbocycles. The van der Waals surface area contributed by atoms with E-state index in [-0.39, 0.29) is 0 Å². The number of rotatable bonds is 2. The fourth-order valence-corrected chi connectivity index (χ4v) is 1.09. The lowest BCUT2D eigenvalue weighted by molar-refractivity contribution is -0.133. The lowest BCUT2D eigenvalue weighted by Gasteiger charge is -2.04. The van der Waals surface area contributed by atoms with Gasteiger partial charge in [-0.15, -0.1) is 0 Å². The van der Waals surface area contributed by atoms with Gasteiger partial charge in [-0.1, -0.05) is 0 Å². The zero-order chi connectivity index (χ0) is 11.4. The van der Waals surface area contributed by atoms with Gasteiger partial charge in [-0.3, -0.25) is 9.59 Å². The largest absolute Gasteiger partial charge is 0.319 e. The SMILES string of the molecule is CC(=O)C(=O)Nc1ccc(C#N)c(C)c1. The average molecular weight is 202 g/mol. The molecule has 4 heteroatoms. The predicted molar refractivity (Wildman–Crippen MR) is 55.2 cm³/mol. The third-order valence-electron chi connectivity index (χ3n) is 1.92. The maximum absolute atomic E-state index is 11.1. The summed E-state index contributed by atoms with van der Waals surface area (Å²) in [7, 11) is 0. The number of nitrogens with one attached hydrogen (secondary N) is 1. The summed E-state index contributed by atoms with van der Waals surface area (Å²) >= 11 is 0. The molecule has 0 unspecified atom stereocenters. The van der Waals surface area contributed by atoms with Crippen LogP contribution in [-0.2, 0) is 9.59 Å². The normalized spacial score (nSPS) is 9.13. The van der Waals surface area contributed by atoms with E-state index in [0.717, 1.165) is 5.56 Å². The molecule has 0 saturated carbocycles. The van der Waals surface area contributed by atoms with Crippen molar-refractivity contribution in [1.82, 2.24) is 0 Å². The van der Waals surface area contributed by atoms with Gasteiger partial charge in [0, 0.05) is 12.6 Å². The fourth-order valence-electron chi connectivity index (χ4n) is 1.09. The summed E-state index contributed by atoms with van der Waals surface area (Å²) in [6.45, 7) is 2.97. The number of nitriles is 1. The van der Waals surface area contributed by atoms with Crippen LogP contribution in [0.2, 0.25) is 0 Å². The van der Waals surface area contributed by atoms with Crippen LogP contribution in [0.25, 0.3) is 0 Å². The first-order chi connectivity index (χ1) is 7.04. The van der Waals surface area contributed by atoms with Gasteiger partial charge in [-0.2, -0.15) is 5.26 Å². The van der Waals surface area contributed by atoms with Crippen LogP contribution in [0.4, 0.5) is 5.69 Å². The molecule has 0 bridgehead atoms. The summed E-state index contributed by atoms with van der Waals surface area (Å²) in [5.74, 6) is -1.20. The summed E-state index contributed by atoms with van der Waals surface area (Å²) in [5, 5.41) is 11.1. The topological polar surface area (TPSA) is 70.0 Å². The van der Waals surface area contributed by atoms with Crippen molar-refractivity contribution in [3.05, 3.63) is 29.3 Å². The monoisotopic (exact) mass is 202 g/mol.